The number of amides is 1. The van der Waals surface area contributed by atoms with Crippen molar-refractivity contribution in [1.82, 2.24) is 4.90 Å². The lowest BCUT2D eigenvalue weighted by atomic mass is 10.1. The summed E-state index contributed by atoms with van der Waals surface area (Å²) in [5.41, 5.74) is 5.98. The largest absolute Gasteiger partial charge is 0.508 e. The van der Waals surface area contributed by atoms with Crippen molar-refractivity contribution in [2.45, 2.75) is 19.9 Å². The lowest BCUT2D eigenvalue weighted by Gasteiger charge is -2.27. The van der Waals surface area contributed by atoms with E-state index >= 15 is 0 Å². The van der Waals surface area contributed by atoms with E-state index in [4.69, 9.17) is 5.73 Å². The first kappa shape index (κ1) is 14.0. The van der Waals surface area contributed by atoms with E-state index in [1.54, 1.807) is 12.1 Å². The third-order valence-electron chi connectivity index (χ3n) is 2.75. The van der Waals surface area contributed by atoms with E-state index in [0.29, 0.717) is 6.54 Å². The zero-order valence-electron chi connectivity index (χ0n) is 9.98. The van der Waals surface area contributed by atoms with Crippen LogP contribution >= 0.6 is 15.9 Å². The monoisotopic (exact) mass is 300 g/mol. The van der Waals surface area contributed by atoms with E-state index in [1.165, 1.54) is 0 Å². The molecular formula is C12H17BrN2O2. The van der Waals surface area contributed by atoms with Crippen LogP contribution in [0.5, 0.6) is 5.75 Å². The molecule has 0 saturated carbocycles. The maximum atomic E-state index is 11.0. The van der Waals surface area contributed by atoms with Gasteiger partial charge in [-0.15, -0.1) is 0 Å². The predicted molar refractivity (Wildman–Crippen MR) is 70.7 cm³/mol. The van der Waals surface area contributed by atoms with Crippen molar-refractivity contribution in [3.05, 3.63) is 28.2 Å². The molecule has 0 heterocycles. The molecule has 0 aliphatic rings. The van der Waals surface area contributed by atoms with Crippen LogP contribution in [-0.4, -0.2) is 29.0 Å². The smallest absolute Gasteiger partial charge is 0.231 e. The molecule has 0 bridgehead atoms. The number of rotatable bonds is 5. The molecule has 1 aromatic carbocycles. The van der Waals surface area contributed by atoms with Gasteiger partial charge in [0.1, 0.15) is 5.75 Å². The van der Waals surface area contributed by atoms with E-state index in [1.807, 2.05) is 24.8 Å². The summed E-state index contributed by atoms with van der Waals surface area (Å²) in [6.07, 6.45) is 0. The van der Waals surface area contributed by atoms with Gasteiger partial charge in [0.15, 0.2) is 0 Å². The van der Waals surface area contributed by atoms with Crippen LogP contribution in [0.4, 0.5) is 0 Å². The molecule has 5 heteroatoms. The van der Waals surface area contributed by atoms with Crippen molar-refractivity contribution in [3.63, 3.8) is 0 Å². The lowest BCUT2D eigenvalue weighted by Crippen LogP contribution is -2.35. The van der Waals surface area contributed by atoms with Gasteiger partial charge in [0.25, 0.3) is 0 Å². The maximum Gasteiger partial charge on any atom is 0.231 e. The van der Waals surface area contributed by atoms with Gasteiger partial charge in [-0.3, -0.25) is 9.69 Å². The average molecular weight is 301 g/mol. The Kier molecular flexibility index (Phi) is 4.96. The fourth-order valence-electron chi connectivity index (χ4n) is 1.78. The summed E-state index contributed by atoms with van der Waals surface area (Å²) in [5.74, 6) is -0.142. The highest BCUT2D eigenvalue weighted by Gasteiger charge is 2.18. The minimum atomic E-state index is -0.367. The van der Waals surface area contributed by atoms with E-state index in [-0.39, 0.29) is 24.2 Å². The van der Waals surface area contributed by atoms with Gasteiger partial charge in [-0.2, -0.15) is 0 Å². The van der Waals surface area contributed by atoms with Crippen molar-refractivity contribution >= 4 is 21.8 Å². The van der Waals surface area contributed by atoms with Gasteiger partial charge in [0.05, 0.1) is 6.54 Å². The number of benzene rings is 1. The number of nitrogens with two attached hydrogens (primary N) is 1. The average Bonchev–Trinajstić information content (AvgIpc) is 2.28. The summed E-state index contributed by atoms with van der Waals surface area (Å²) in [4.78, 5) is 12.9. The number of hydrogen-bond donors (Lipinski definition) is 2. The first-order chi connectivity index (χ1) is 7.95. The minimum Gasteiger partial charge on any atom is -0.508 e. The summed E-state index contributed by atoms with van der Waals surface area (Å²) < 4.78 is 0.896. The molecule has 0 fully saturated rings. The maximum absolute atomic E-state index is 11.0. The number of likely N-dealkylation sites (N-methyl/N-ethyl adjacent to an activating group) is 1. The number of phenols is 1. The second-order valence-corrected chi connectivity index (χ2v) is 4.82. The van der Waals surface area contributed by atoms with Crippen molar-refractivity contribution < 1.29 is 9.90 Å². The predicted octanol–water partition coefficient (Wildman–Crippen LogP) is 2.02. The van der Waals surface area contributed by atoms with Gasteiger partial charge in [0, 0.05) is 16.1 Å². The number of nitrogens with zero attached hydrogens (tertiary/aromatic N) is 1. The van der Waals surface area contributed by atoms with Crippen LogP contribution in [0, 0.1) is 0 Å². The molecular weight excluding hydrogens is 284 g/mol. The molecule has 0 radical (unpaired) electrons. The molecule has 1 atom stereocenters. The number of carbonyl (C=O) groups is 1. The number of phenolic OH excluding ortho intramolecular Hbond substituents is 1. The van der Waals surface area contributed by atoms with E-state index in [0.717, 1.165) is 10.0 Å². The van der Waals surface area contributed by atoms with E-state index in [2.05, 4.69) is 15.9 Å². The summed E-state index contributed by atoms with van der Waals surface area (Å²) in [5, 5.41) is 9.82. The molecule has 0 aromatic heterocycles. The first-order valence-electron chi connectivity index (χ1n) is 5.46. The van der Waals surface area contributed by atoms with Gasteiger partial charge in [-0.05, 0) is 31.7 Å². The SMILES string of the molecule is CCN(CC(N)=O)C(C)c1cc(Br)ccc1O. The summed E-state index contributed by atoms with van der Waals surface area (Å²) in [6.45, 7) is 4.77. The molecule has 4 nitrogen and oxygen atoms in total. The second-order valence-electron chi connectivity index (χ2n) is 3.91. The van der Waals surface area contributed by atoms with Crippen LogP contribution in [0.15, 0.2) is 22.7 Å². The molecule has 0 aliphatic heterocycles. The first-order valence-corrected chi connectivity index (χ1v) is 6.25. The second kappa shape index (κ2) is 6.02. The Morgan fingerprint density at radius 3 is 2.76 bits per heavy atom. The Hall–Kier alpha value is -1.07. The molecule has 3 N–H and O–H groups in total. The molecule has 1 aromatic rings. The highest BCUT2D eigenvalue weighted by atomic mass is 79.9. The molecule has 1 unspecified atom stereocenters. The minimum absolute atomic E-state index is 0.0648. The zero-order valence-corrected chi connectivity index (χ0v) is 11.6. The Balaban J connectivity index is 2.96. The fourth-order valence-corrected chi connectivity index (χ4v) is 2.16. The zero-order chi connectivity index (χ0) is 13.0. The van der Waals surface area contributed by atoms with Gasteiger partial charge in [0.2, 0.25) is 5.91 Å². The van der Waals surface area contributed by atoms with Gasteiger partial charge in [-0.1, -0.05) is 22.9 Å². The highest BCUT2D eigenvalue weighted by molar-refractivity contribution is 9.10. The third kappa shape index (κ3) is 3.71. The van der Waals surface area contributed by atoms with Crippen LogP contribution in [-0.2, 0) is 4.79 Å². The van der Waals surface area contributed by atoms with Crippen molar-refractivity contribution in [2.75, 3.05) is 13.1 Å². The van der Waals surface area contributed by atoms with Crippen molar-refractivity contribution in [1.29, 1.82) is 0 Å². The lowest BCUT2D eigenvalue weighted by molar-refractivity contribution is -0.119. The Bertz CT molecular complexity index is 409. The van der Waals surface area contributed by atoms with E-state index < -0.39 is 0 Å². The summed E-state index contributed by atoms with van der Waals surface area (Å²) in [6, 6.07) is 5.19. The highest BCUT2D eigenvalue weighted by Crippen LogP contribution is 2.30. The van der Waals surface area contributed by atoms with Crippen molar-refractivity contribution in [3.8, 4) is 5.75 Å². The number of carbonyl (C=O) groups excluding carboxylic acids is 1. The Morgan fingerprint density at radius 2 is 2.24 bits per heavy atom. The summed E-state index contributed by atoms with van der Waals surface area (Å²) >= 11 is 3.37. The topological polar surface area (TPSA) is 66.6 Å². The fraction of sp³-hybridized carbons (Fsp3) is 0.417. The molecule has 1 rings (SSSR count). The van der Waals surface area contributed by atoms with E-state index in [9.17, 15) is 9.90 Å². The van der Waals surface area contributed by atoms with Crippen LogP contribution in [0.3, 0.4) is 0 Å². The number of halogens is 1. The quantitative estimate of drug-likeness (QED) is 0.874. The third-order valence-corrected chi connectivity index (χ3v) is 3.25. The molecule has 94 valence electrons. The number of hydrogen-bond acceptors (Lipinski definition) is 3. The van der Waals surface area contributed by atoms with Gasteiger partial charge >= 0.3 is 0 Å². The summed E-state index contributed by atoms with van der Waals surface area (Å²) in [7, 11) is 0. The Labute approximate surface area is 110 Å². The normalized spacial score (nSPS) is 12.7. The van der Waals surface area contributed by atoms with Crippen LogP contribution in [0.2, 0.25) is 0 Å². The standard InChI is InChI=1S/C12H17BrN2O2/c1-3-15(7-12(14)17)8(2)10-6-9(13)4-5-11(10)16/h4-6,8,16H,3,7H2,1-2H3,(H2,14,17). The van der Waals surface area contributed by atoms with Crippen molar-refractivity contribution in [2.24, 2.45) is 5.73 Å². The molecule has 0 aliphatic carbocycles. The van der Waals surface area contributed by atoms with Crippen LogP contribution in [0.1, 0.15) is 25.5 Å². The molecule has 0 saturated heterocycles. The number of aromatic hydroxyl groups is 1. The van der Waals surface area contributed by atoms with Crippen LogP contribution < -0.4 is 5.73 Å². The van der Waals surface area contributed by atoms with Gasteiger partial charge in [-0.25, -0.2) is 0 Å². The van der Waals surface area contributed by atoms with Crippen LogP contribution in [0.25, 0.3) is 0 Å². The number of primary amides is 1. The molecule has 17 heavy (non-hydrogen) atoms. The molecule has 1 amide bonds. The molecule has 0 spiro atoms. The van der Waals surface area contributed by atoms with Gasteiger partial charge < -0.3 is 10.8 Å². The Morgan fingerprint density at radius 1 is 1.59 bits per heavy atom.